The maximum Gasteiger partial charge on any atom is 0.237 e. The van der Waals surface area contributed by atoms with Gasteiger partial charge in [0.25, 0.3) is 0 Å². The van der Waals surface area contributed by atoms with Gasteiger partial charge in [-0.25, -0.2) is 0 Å². The van der Waals surface area contributed by atoms with E-state index in [1.54, 1.807) is 11.8 Å². The molecule has 1 atom stereocenters. The number of benzene rings is 1. The van der Waals surface area contributed by atoms with E-state index in [1.165, 1.54) is 4.90 Å². The van der Waals surface area contributed by atoms with Gasteiger partial charge >= 0.3 is 0 Å². The van der Waals surface area contributed by atoms with E-state index in [0.29, 0.717) is 0 Å². The number of thioether (sulfide) groups is 1. The zero-order valence-electron chi connectivity index (χ0n) is 12.8. The lowest BCUT2D eigenvalue weighted by molar-refractivity contribution is -0.124. The van der Waals surface area contributed by atoms with Crippen molar-refractivity contribution in [3.8, 4) is 0 Å². The Kier molecular flexibility index (Phi) is 8.15. The average Bonchev–Trinajstić information content (AvgIpc) is 2.44. The van der Waals surface area contributed by atoms with Gasteiger partial charge < -0.3 is 11.1 Å². The Morgan fingerprint density at radius 2 is 2.19 bits per heavy atom. The number of carbonyl (C=O) groups excluding carboxylic acids is 1. The van der Waals surface area contributed by atoms with Gasteiger partial charge in [-0.05, 0) is 56.7 Å². The molecule has 118 valence electrons. The quantitative estimate of drug-likeness (QED) is 0.506. The Morgan fingerprint density at radius 3 is 2.81 bits per heavy atom. The van der Waals surface area contributed by atoms with Crippen LogP contribution in [-0.2, 0) is 4.79 Å². The van der Waals surface area contributed by atoms with E-state index >= 15 is 0 Å². The predicted octanol–water partition coefficient (Wildman–Crippen LogP) is 3.85. The first-order chi connectivity index (χ1) is 9.98. The van der Waals surface area contributed by atoms with Crippen LogP contribution < -0.4 is 11.1 Å². The second-order valence-corrected chi connectivity index (χ2v) is 6.99. The smallest absolute Gasteiger partial charge is 0.237 e. The molecule has 1 amide bonds. The first kappa shape index (κ1) is 18.3. The third-order valence-electron chi connectivity index (χ3n) is 3.44. The summed E-state index contributed by atoms with van der Waals surface area (Å²) in [6, 6.07) is 7.88. The Hall–Kier alpha value is -0.710. The van der Waals surface area contributed by atoms with E-state index in [2.05, 4.69) is 18.3 Å². The second-order valence-electron chi connectivity index (χ2n) is 5.39. The molecule has 0 saturated carbocycles. The fourth-order valence-corrected chi connectivity index (χ4v) is 3.25. The van der Waals surface area contributed by atoms with Crippen LogP contribution in [0.25, 0.3) is 0 Å². The van der Waals surface area contributed by atoms with Gasteiger partial charge in [0.1, 0.15) is 0 Å². The van der Waals surface area contributed by atoms with E-state index in [0.717, 1.165) is 43.0 Å². The van der Waals surface area contributed by atoms with E-state index in [1.807, 2.05) is 25.1 Å². The molecule has 0 aliphatic rings. The van der Waals surface area contributed by atoms with Crippen LogP contribution in [0.5, 0.6) is 0 Å². The van der Waals surface area contributed by atoms with Crippen LogP contribution in [0.1, 0.15) is 39.5 Å². The lowest BCUT2D eigenvalue weighted by Gasteiger charge is -2.27. The number of rotatable bonds is 10. The molecule has 3 nitrogen and oxygen atoms in total. The third-order valence-corrected chi connectivity index (χ3v) is 4.76. The van der Waals surface area contributed by atoms with E-state index < -0.39 is 5.54 Å². The number of unbranched alkanes of at least 4 members (excludes halogenated alkanes) is 1. The topological polar surface area (TPSA) is 55.1 Å². The summed E-state index contributed by atoms with van der Waals surface area (Å²) in [7, 11) is 0. The highest BCUT2D eigenvalue weighted by atomic mass is 35.5. The van der Waals surface area contributed by atoms with Crippen LogP contribution in [0, 0.1) is 0 Å². The predicted molar refractivity (Wildman–Crippen MR) is 91.9 cm³/mol. The highest BCUT2D eigenvalue weighted by Gasteiger charge is 2.29. The summed E-state index contributed by atoms with van der Waals surface area (Å²) in [5.41, 5.74) is 4.93. The van der Waals surface area contributed by atoms with Gasteiger partial charge in [0.05, 0.1) is 5.54 Å². The Morgan fingerprint density at radius 1 is 1.43 bits per heavy atom. The van der Waals surface area contributed by atoms with Crippen molar-refractivity contribution in [1.29, 1.82) is 0 Å². The summed E-state index contributed by atoms with van der Waals surface area (Å²) < 4.78 is 0. The molecule has 0 bridgehead atoms. The van der Waals surface area contributed by atoms with E-state index in [9.17, 15) is 4.79 Å². The SMILES string of the molecule is CCCNC(C)(CCCCSc1cccc(Cl)c1)C(N)=O. The lowest BCUT2D eigenvalue weighted by Crippen LogP contribution is -2.53. The first-order valence-corrected chi connectivity index (χ1v) is 8.77. The minimum atomic E-state index is -0.587. The minimum Gasteiger partial charge on any atom is -0.368 e. The molecule has 0 aromatic heterocycles. The van der Waals surface area contributed by atoms with E-state index in [4.69, 9.17) is 17.3 Å². The molecule has 1 aromatic carbocycles. The molecule has 0 saturated heterocycles. The molecule has 1 aromatic rings. The van der Waals surface area contributed by atoms with Crippen molar-refractivity contribution in [3.05, 3.63) is 29.3 Å². The summed E-state index contributed by atoms with van der Waals surface area (Å²) in [5, 5.41) is 4.03. The molecule has 0 heterocycles. The zero-order chi connectivity index (χ0) is 15.7. The van der Waals surface area contributed by atoms with Crippen molar-refractivity contribution in [1.82, 2.24) is 5.32 Å². The molecule has 1 unspecified atom stereocenters. The molecule has 0 spiro atoms. The molecule has 21 heavy (non-hydrogen) atoms. The van der Waals surface area contributed by atoms with Crippen LogP contribution in [0.3, 0.4) is 0 Å². The van der Waals surface area contributed by atoms with Gasteiger partial charge in [0, 0.05) is 9.92 Å². The van der Waals surface area contributed by atoms with Crippen molar-refractivity contribution < 1.29 is 4.79 Å². The zero-order valence-corrected chi connectivity index (χ0v) is 14.4. The van der Waals surface area contributed by atoms with Crippen LogP contribution in [0.4, 0.5) is 0 Å². The normalized spacial score (nSPS) is 13.9. The van der Waals surface area contributed by atoms with Crippen molar-refractivity contribution in [2.45, 2.75) is 50.0 Å². The number of hydrogen-bond donors (Lipinski definition) is 2. The number of nitrogens with one attached hydrogen (secondary N) is 1. The van der Waals surface area contributed by atoms with Crippen molar-refractivity contribution in [3.63, 3.8) is 0 Å². The molecule has 3 N–H and O–H groups in total. The molecule has 0 aliphatic carbocycles. The first-order valence-electron chi connectivity index (χ1n) is 7.41. The van der Waals surface area contributed by atoms with Gasteiger partial charge in [-0.3, -0.25) is 4.79 Å². The van der Waals surface area contributed by atoms with Gasteiger partial charge in [0.2, 0.25) is 5.91 Å². The number of halogens is 1. The molecule has 1 rings (SSSR count). The molecule has 0 fully saturated rings. The number of hydrogen-bond acceptors (Lipinski definition) is 3. The Balaban J connectivity index is 2.30. The highest BCUT2D eigenvalue weighted by Crippen LogP contribution is 2.23. The number of amides is 1. The summed E-state index contributed by atoms with van der Waals surface area (Å²) in [4.78, 5) is 12.8. The van der Waals surface area contributed by atoms with Gasteiger partial charge in [-0.2, -0.15) is 0 Å². The average molecular weight is 329 g/mol. The van der Waals surface area contributed by atoms with Gasteiger partial charge in [-0.15, -0.1) is 11.8 Å². The second kappa shape index (κ2) is 9.34. The number of carbonyl (C=O) groups is 1. The number of nitrogens with two attached hydrogens (primary N) is 1. The highest BCUT2D eigenvalue weighted by molar-refractivity contribution is 7.99. The molecular formula is C16H25ClN2OS. The standard InChI is InChI=1S/C16H25ClN2OS/c1-3-10-19-16(2,15(18)20)9-4-5-11-21-14-8-6-7-13(17)12-14/h6-8,12,19H,3-5,9-11H2,1-2H3,(H2,18,20). The molecule has 5 heteroatoms. The van der Waals surface area contributed by atoms with Crippen molar-refractivity contribution in [2.24, 2.45) is 5.73 Å². The summed E-state index contributed by atoms with van der Waals surface area (Å²) in [6.45, 7) is 4.79. The monoisotopic (exact) mass is 328 g/mol. The maximum absolute atomic E-state index is 11.6. The third kappa shape index (κ3) is 6.72. The van der Waals surface area contributed by atoms with E-state index in [-0.39, 0.29) is 5.91 Å². The lowest BCUT2D eigenvalue weighted by atomic mass is 9.94. The minimum absolute atomic E-state index is 0.265. The van der Waals surface area contributed by atoms with Crippen LogP contribution in [-0.4, -0.2) is 23.7 Å². The van der Waals surface area contributed by atoms with Crippen molar-refractivity contribution >= 4 is 29.3 Å². The largest absolute Gasteiger partial charge is 0.368 e. The number of primary amides is 1. The van der Waals surface area contributed by atoms with Crippen LogP contribution in [0.15, 0.2) is 29.2 Å². The van der Waals surface area contributed by atoms with Gasteiger partial charge in [0.15, 0.2) is 0 Å². The fourth-order valence-electron chi connectivity index (χ4n) is 2.03. The summed E-state index contributed by atoms with van der Waals surface area (Å²) in [5.74, 6) is 0.751. The molecule has 0 aliphatic heterocycles. The van der Waals surface area contributed by atoms with Gasteiger partial charge in [-0.1, -0.05) is 31.0 Å². The maximum atomic E-state index is 11.6. The van der Waals surface area contributed by atoms with Crippen molar-refractivity contribution in [2.75, 3.05) is 12.3 Å². The Bertz CT molecular complexity index is 456. The van der Waals surface area contributed by atoms with Crippen LogP contribution >= 0.6 is 23.4 Å². The Labute approximate surface area is 137 Å². The fraction of sp³-hybridized carbons (Fsp3) is 0.562. The molecular weight excluding hydrogens is 304 g/mol. The summed E-state index contributed by atoms with van der Waals surface area (Å²) >= 11 is 7.75. The summed E-state index contributed by atoms with van der Waals surface area (Å²) in [6.07, 6.45) is 3.80. The van der Waals surface area contributed by atoms with Crippen LogP contribution in [0.2, 0.25) is 5.02 Å². The molecule has 0 radical (unpaired) electrons.